The number of likely N-dealkylation sites (N-methyl/N-ethyl adjacent to an activating group) is 1. The molecular formula is C10H20N2O4. The summed E-state index contributed by atoms with van der Waals surface area (Å²) in [6.07, 6.45) is 1.54. The van der Waals surface area contributed by atoms with Gasteiger partial charge in [-0.2, -0.15) is 0 Å². The molecule has 0 amide bonds. The van der Waals surface area contributed by atoms with Crippen LogP contribution in [0.25, 0.3) is 0 Å². The van der Waals surface area contributed by atoms with E-state index in [-0.39, 0.29) is 13.2 Å². The molecule has 0 fully saturated rings. The maximum atomic E-state index is 11.2. The Morgan fingerprint density at radius 1 is 1.62 bits per heavy atom. The third-order valence-corrected chi connectivity index (χ3v) is 1.87. The second-order valence-electron chi connectivity index (χ2n) is 3.41. The highest BCUT2D eigenvalue weighted by Gasteiger charge is 2.10. The van der Waals surface area contributed by atoms with Gasteiger partial charge in [0.15, 0.2) is 0 Å². The molecule has 0 saturated carbocycles. The predicted molar refractivity (Wildman–Crippen MR) is 59.2 cm³/mol. The quantitative estimate of drug-likeness (QED) is 0.488. The molecular weight excluding hydrogens is 212 g/mol. The first-order valence-corrected chi connectivity index (χ1v) is 5.12. The molecule has 0 aliphatic heterocycles. The van der Waals surface area contributed by atoms with Crippen LogP contribution in [0.2, 0.25) is 0 Å². The molecule has 4 N–H and O–H groups in total. The van der Waals surface area contributed by atoms with Gasteiger partial charge in [0, 0.05) is 7.05 Å². The lowest BCUT2D eigenvalue weighted by Crippen LogP contribution is -2.32. The number of rotatable bonds is 7. The largest absolute Gasteiger partial charge is 0.462 e. The standard InChI is InChI=1S/C10H20N2O4/c1-3-4-9(11)12(2)5-10(15)16-7-8(14)6-13/h4,8,13-14H,3,5-7,11H2,1-2H3/b9-4-. The highest BCUT2D eigenvalue weighted by atomic mass is 16.5. The third kappa shape index (κ3) is 6.26. The molecule has 6 heteroatoms. The van der Waals surface area contributed by atoms with Gasteiger partial charge in [-0.15, -0.1) is 0 Å². The van der Waals surface area contributed by atoms with Crippen LogP contribution < -0.4 is 5.73 Å². The monoisotopic (exact) mass is 232 g/mol. The highest BCUT2D eigenvalue weighted by Crippen LogP contribution is 1.96. The van der Waals surface area contributed by atoms with E-state index in [2.05, 4.69) is 0 Å². The van der Waals surface area contributed by atoms with E-state index in [1.807, 2.05) is 6.92 Å². The van der Waals surface area contributed by atoms with Crippen LogP contribution in [-0.4, -0.2) is 54.0 Å². The Labute approximate surface area is 95.3 Å². The lowest BCUT2D eigenvalue weighted by molar-refractivity contribution is -0.147. The minimum atomic E-state index is -1.03. The van der Waals surface area contributed by atoms with E-state index in [1.54, 1.807) is 18.0 Å². The van der Waals surface area contributed by atoms with Crippen molar-refractivity contribution in [2.45, 2.75) is 19.4 Å². The summed E-state index contributed by atoms with van der Waals surface area (Å²) in [7, 11) is 1.67. The summed E-state index contributed by atoms with van der Waals surface area (Å²) in [5.74, 6) is 0.00427. The molecule has 0 aliphatic rings. The summed E-state index contributed by atoms with van der Waals surface area (Å²) in [5.41, 5.74) is 5.65. The van der Waals surface area contributed by atoms with Crippen LogP contribution >= 0.6 is 0 Å². The second kappa shape index (κ2) is 7.95. The summed E-state index contributed by atoms with van der Waals surface area (Å²) >= 11 is 0. The van der Waals surface area contributed by atoms with Crippen LogP contribution in [-0.2, 0) is 9.53 Å². The van der Waals surface area contributed by atoms with Gasteiger partial charge in [-0.05, 0) is 12.5 Å². The Balaban J connectivity index is 3.91. The van der Waals surface area contributed by atoms with E-state index in [1.165, 1.54) is 0 Å². The molecule has 0 heterocycles. The number of carbonyl (C=O) groups excluding carboxylic acids is 1. The van der Waals surface area contributed by atoms with Crippen molar-refractivity contribution in [2.24, 2.45) is 5.73 Å². The van der Waals surface area contributed by atoms with Gasteiger partial charge < -0.3 is 25.6 Å². The maximum Gasteiger partial charge on any atom is 0.325 e. The zero-order chi connectivity index (χ0) is 12.6. The minimum Gasteiger partial charge on any atom is -0.462 e. The van der Waals surface area contributed by atoms with Crippen LogP contribution in [0.15, 0.2) is 11.9 Å². The lowest BCUT2D eigenvalue weighted by Gasteiger charge is -2.18. The van der Waals surface area contributed by atoms with Crippen LogP contribution in [0.1, 0.15) is 13.3 Å². The van der Waals surface area contributed by atoms with Crippen LogP contribution in [0, 0.1) is 0 Å². The van der Waals surface area contributed by atoms with Gasteiger partial charge in [0.05, 0.1) is 12.4 Å². The highest BCUT2D eigenvalue weighted by molar-refractivity contribution is 5.71. The molecule has 16 heavy (non-hydrogen) atoms. The number of esters is 1. The number of ether oxygens (including phenoxy) is 1. The molecule has 0 aromatic carbocycles. The van der Waals surface area contributed by atoms with E-state index in [0.717, 1.165) is 6.42 Å². The Morgan fingerprint density at radius 2 is 2.25 bits per heavy atom. The van der Waals surface area contributed by atoms with Crippen molar-refractivity contribution in [2.75, 3.05) is 26.8 Å². The van der Waals surface area contributed by atoms with Gasteiger partial charge in [0.25, 0.3) is 0 Å². The topological polar surface area (TPSA) is 96.0 Å². The van der Waals surface area contributed by atoms with Gasteiger partial charge in [0.1, 0.15) is 19.3 Å². The van der Waals surface area contributed by atoms with Gasteiger partial charge in [0.2, 0.25) is 0 Å². The van der Waals surface area contributed by atoms with E-state index in [0.29, 0.717) is 5.82 Å². The van der Waals surface area contributed by atoms with Crippen molar-refractivity contribution in [1.29, 1.82) is 0 Å². The van der Waals surface area contributed by atoms with E-state index in [4.69, 9.17) is 20.7 Å². The number of nitrogens with two attached hydrogens (primary N) is 1. The Bertz CT molecular complexity index is 243. The van der Waals surface area contributed by atoms with Crippen LogP contribution in [0.3, 0.4) is 0 Å². The average molecular weight is 232 g/mol. The van der Waals surface area contributed by atoms with Gasteiger partial charge in [-0.25, -0.2) is 0 Å². The molecule has 0 aliphatic carbocycles. The molecule has 0 saturated heterocycles. The van der Waals surface area contributed by atoms with Gasteiger partial charge in [-0.3, -0.25) is 4.79 Å². The summed E-state index contributed by atoms with van der Waals surface area (Å²) in [6.45, 7) is 1.32. The first-order valence-electron chi connectivity index (χ1n) is 5.12. The number of aliphatic hydroxyl groups is 2. The zero-order valence-electron chi connectivity index (χ0n) is 9.72. The van der Waals surface area contributed by atoms with Crippen molar-refractivity contribution in [3.63, 3.8) is 0 Å². The lowest BCUT2D eigenvalue weighted by atomic mass is 10.4. The Hall–Kier alpha value is -1.27. The summed E-state index contributed by atoms with van der Waals surface area (Å²) < 4.78 is 4.72. The first-order chi connectivity index (χ1) is 7.51. The molecule has 0 aromatic heterocycles. The Morgan fingerprint density at radius 3 is 2.75 bits per heavy atom. The smallest absolute Gasteiger partial charge is 0.325 e. The first kappa shape index (κ1) is 14.7. The second-order valence-corrected chi connectivity index (χ2v) is 3.41. The van der Waals surface area contributed by atoms with Crippen LogP contribution in [0.5, 0.6) is 0 Å². The van der Waals surface area contributed by atoms with E-state index in [9.17, 15) is 4.79 Å². The minimum absolute atomic E-state index is 0.0144. The fraction of sp³-hybridized carbons (Fsp3) is 0.700. The molecule has 1 unspecified atom stereocenters. The van der Waals surface area contributed by atoms with E-state index >= 15 is 0 Å². The molecule has 0 bridgehead atoms. The van der Waals surface area contributed by atoms with Gasteiger partial charge >= 0.3 is 5.97 Å². The fourth-order valence-corrected chi connectivity index (χ4v) is 0.937. The average Bonchev–Trinajstić information content (AvgIpc) is 2.26. The number of allylic oxidation sites excluding steroid dienone is 1. The number of carbonyl (C=O) groups is 1. The SMILES string of the molecule is CC/C=C(/N)N(C)CC(=O)OCC(O)CO. The number of nitrogens with zero attached hydrogens (tertiary/aromatic N) is 1. The van der Waals surface area contributed by atoms with Crippen molar-refractivity contribution in [1.82, 2.24) is 4.90 Å². The summed E-state index contributed by atoms with van der Waals surface area (Å²) in [5, 5.41) is 17.5. The summed E-state index contributed by atoms with van der Waals surface area (Å²) in [4.78, 5) is 12.8. The van der Waals surface area contributed by atoms with Crippen LogP contribution in [0.4, 0.5) is 0 Å². The molecule has 1 atom stereocenters. The molecule has 0 spiro atoms. The number of aliphatic hydroxyl groups excluding tert-OH is 2. The zero-order valence-corrected chi connectivity index (χ0v) is 9.72. The molecule has 0 aromatic rings. The van der Waals surface area contributed by atoms with Crippen molar-refractivity contribution >= 4 is 5.97 Å². The Kier molecular flexibility index (Phi) is 7.32. The molecule has 0 rings (SSSR count). The van der Waals surface area contributed by atoms with Crippen molar-refractivity contribution < 1.29 is 19.7 Å². The van der Waals surface area contributed by atoms with Gasteiger partial charge in [-0.1, -0.05) is 6.92 Å². The summed E-state index contributed by atoms with van der Waals surface area (Å²) in [6, 6.07) is 0. The maximum absolute atomic E-state index is 11.2. The molecule has 94 valence electrons. The number of hydrogen-bond acceptors (Lipinski definition) is 6. The molecule has 6 nitrogen and oxygen atoms in total. The third-order valence-electron chi connectivity index (χ3n) is 1.87. The van der Waals surface area contributed by atoms with Crippen molar-refractivity contribution in [3.8, 4) is 0 Å². The fourth-order valence-electron chi connectivity index (χ4n) is 0.937. The van der Waals surface area contributed by atoms with Crippen molar-refractivity contribution in [3.05, 3.63) is 11.9 Å². The molecule has 0 radical (unpaired) electrons. The van der Waals surface area contributed by atoms with E-state index < -0.39 is 18.7 Å². The normalized spacial score (nSPS) is 13.4. The predicted octanol–water partition coefficient (Wildman–Crippen LogP) is -0.975. The number of hydrogen-bond donors (Lipinski definition) is 3.